The number of aliphatic hydroxyl groups excluding tert-OH is 1. The minimum Gasteiger partial charge on any atom is -0.457 e. The van der Waals surface area contributed by atoms with Gasteiger partial charge in [0, 0.05) is 24.3 Å². The van der Waals surface area contributed by atoms with E-state index in [0.29, 0.717) is 24.8 Å². The Kier molecular flexibility index (Phi) is 7.82. The predicted molar refractivity (Wildman–Crippen MR) is 143 cm³/mol. The van der Waals surface area contributed by atoms with Gasteiger partial charge in [-0.05, 0) is 55.2 Å². The molecule has 3 N–H and O–H groups in total. The van der Waals surface area contributed by atoms with E-state index in [0.717, 1.165) is 5.56 Å². The highest BCUT2D eigenvalue weighted by Gasteiger charge is 2.68. The van der Waals surface area contributed by atoms with E-state index in [1.165, 1.54) is 0 Å². The van der Waals surface area contributed by atoms with Gasteiger partial charge in [-0.15, -0.1) is 0 Å². The fourth-order valence-electron chi connectivity index (χ4n) is 6.94. The number of carbonyl (C=O) groups excluding carboxylic acids is 2. The smallest absolute Gasteiger partial charge is 0.306 e. The number of aliphatic hydroxyl groups is 2. The zero-order valence-electron chi connectivity index (χ0n) is 22.4. The molecule has 2 aliphatic carbocycles. The number of hydrogen-bond acceptors (Lipinski definition) is 5. The first-order valence-corrected chi connectivity index (χ1v) is 13.5. The summed E-state index contributed by atoms with van der Waals surface area (Å²) in [5.74, 6) is -1.66. The van der Waals surface area contributed by atoms with Crippen LogP contribution in [0.1, 0.15) is 52.5 Å². The van der Waals surface area contributed by atoms with Gasteiger partial charge in [0.1, 0.15) is 11.5 Å². The molecule has 3 aliphatic rings. The van der Waals surface area contributed by atoms with Crippen LogP contribution in [-0.2, 0) is 20.7 Å². The minimum absolute atomic E-state index is 0.152. The molecule has 1 amide bonds. The SMILES string of the molecule is C=C1[C@@H](C)[C@H]2[C@H](Cc3ccccc3)NC(=O)[C@]23[C@H](OC(=O)CC)C=C[C@](C)(O)C[C@@H](C)CC=C[C@H]3[C@@H]1O. The first-order chi connectivity index (χ1) is 17.5. The largest absolute Gasteiger partial charge is 0.457 e. The monoisotopic (exact) mass is 507 g/mol. The predicted octanol–water partition coefficient (Wildman–Crippen LogP) is 4.13. The van der Waals surface area contributed by atoms with E-state index in [9.17, 15) is 19.8 Å². The van der Waals surface area contributed by atoms with E-state index in [4.69, 9.17) is 4.74 Å². The summed E-state index contributed by atoms with van der Waals surface area (Å²) in [4.78, 5) is 27.0. The molecule has 6 nitrogen and oxygen atoms in total. The second-order valence-electron chi connectivity index (χ2n) is 11.5. The molecule has 4 rings (SSSR count). The molecule has 2 fully saturated rings. The van der Waals surface area contributed by atoms with Gasteiger partial charge in [0.05, 0.1) is 11.7 Å². The third kappa shape index (κ3) is 5.06. The van der Waals surface area contributed by atoms with E-state index in [1.54, 1.807) is 26.0 Å². The Hall–Kier alpha value is -2.70. The first-order valence-electron chi connectivity index (χ1n) is 13.5. The molecule has 1 saturated heterocycles. The second kappa shape index (κ2) is 10.6. The fraction of sp³-hybridized carbons (Fsp3) is 0.548. The lowest BCUT2D eigenvalue weighted by atomic mass is 9.51. The number of benzene rings is 1. The highest BCUT2D eigenvalue weighted by atomic mass is 16.5. The molecule has 0 bridgehead atoms. The quantitative estimate of drug-likeness (QED) is 0.421. The summed E-state index contributed by atoms with van der Waals surface area (Å²) >= 11 is 0. The van der Waals surface area contributed by atoms with Gasteiger partial charge < -0.3 is 20.3 Å². The number of hydrogen-bond donors (Lipinski definition) is 3. The maximum absolute atomic E-state index is 14.2. The molecule has 37 heavy (non-hydrogen) atoms. The Bertz CT molecular complexity index is 1080. The van der Waals surface area contributed by atoms with Crippen molar-refractivity contribution in [1.82, 2.24) is 5.32 Å². The van der Waals surface area contributed by atoms with Crippen LogP contribution in [-0.4, -0.2) is 45.9 Å². The lowest BCUT2D eigenvalue weighted by molar-refractivity contribution is -0.167. The van der Waals surface area contributed by atoms with E-state index in [-0.39, 0.29) is 36.1 Å². The summed E-state index contributed by atoms with van der Waals surface area (Å²) in [7, 11) is 0. The van der Waals surface area contributed by atoms with E-state index in [1.807, 2.05) is 49.4 Å². The molecule has 1 aromatic carbocycles. The molecular weight excluding hydrogens is 466 g/mol. The van der Waals surface area contributed by atoms with Gasteiger partial charge in [-0.3, -0.25) is 9.59 Å². The van der Waals surface area contributed by atoms with Crippen LogP contribution in [0.2, 0.25) is 0 Å². The Morgan fingerprint density at radius 1 is 1.22 bits per heavy atom. The maximum Gasteiger partial charge on any atom is 0.306 e. The van der Waals surface area contributed by atoms with Crippen molar-refractivity contribution in [3.8, 4) is 0 Å². The molecule has 9 atom stereocenters. The molecule has 1 spiro atoms. The highest BCUT2D eigenvalue weighted by Crippen LogP contribution is 2.58. The number of ether oxygens (including phenoxy) is 1. The number of esters is 1. The van der Waals surface area contributed by atoms with E-state index in [2.05, 4.69) is 18.8 Å². The van der Waals surface area contributed by atoms with E-state index >= 15 is 0 Å². The van der Waals surface area contributed by atoms with Crippen molar-refractivity contribution in [2.24, 2.45) is 29.1 Å². The van der Waals surface area contributed by atoms with Crippen molar-refractivity contribution < 1.29 is 24.5 Å². The normalized spacial score (nSPS) is 39.8. The van der Waals surface area contributed by atoms with Gasteiger partial charge in [-0.25, -0.2) is 0 Å². The molecule has 200 valence electrons. The van der Waals surface area contributed by atoms with Crippen molar-refractivity contribution in [2.75, 3.05) is 0 Å². The molecule has 0 radical (unpaired) electrons. The van der Waals surface area contributed by atoms with Crippen molar-refractivity contribution in [3.63, 3.8) is 0 Å². The van der Waals surface area contributed by atoms with Crippen molar-refractivity contribution in [3.05, 3.63) is 72.4 Å². The lowest BCUT2D eigenvalue weighted by Gasteiger charge is -2.52. The van der Waals surface area contributed by atoms with Crippen LogP contribution in [0.15, 0.2) is 66.8 Å². The van der Waals surface area contributed by atoms with Crippen molar-refractivity contribution in [1.29, 1.82) is 0 Å². The van der Waals surface area contributed by atoms with Crippen LogP contribution < -0.4 is 5.32 Å². The van der Waals surface area contributed by atoms with Gasteiger partial charge in [0.25, 0.3) is 0 Å². The van der Waals surface area contributed by atoms with Gasteiger partial charge in [-0.1, -0.05) is 75.9 Å². The summed E-state index contributed by atoms with van der Waals surface area (Å²) in [5, 5.41) is 26.0. The van der Waals surface area contributed by atoms with Gasteiger partial charge in [-0.2, -0.15) is 0 Å². The summed E-state index contributed by atoms with van der Waals surface area (Å²) < 4.78 is 6.04. The fourth-order valence-corrected chi connectivity index (χ4v) is 6.94. The summed E-state index contributed by atoms with van der Waals surface area (Å²) in [6, 6.07) is 9.75. The zero-order chi connectivity index (χ0) is 27.0. The molecule has 0 unspecified atom stereocenters. The Morgan fingerprint density at radius 3 is 2.59 bits per heavy atom. The molecule has 1 aromatic rings. The minimum atomic E-state index is -1.26. The number of amides is 1. The molecule has 0 aromatic heterocycles. The summed E-state index contributed by atoms with van der Waals surface area (Å²) in [6.07, 6.45) is 7.30. The van der Waals surface area contributed by atoms with Crippen LogP contribution in [0, 0.1) is 29.1 Å². The van der Waals surface area contributed by atoms with Gasteiger partial charge >= 0.3 is 5.97 Å². The number of allylic oxidation sites excluding steroid dienone is 1. The molecule has 6 heteroatoms. The third-order valence-corrected chi connectivity index (χ3v) is 8.68. The van der Waals surface area contributed by atoms with Crippen LogP contribution in [0.25, 0.3) is 0 Å². The zero-order valence-corrected chi connectivity index (χ0v) is 22.4. The Morgan fingerprint density at radius 2 is 1.92 bits per heavy atom. The van der Waals surface area contributed by atoms with Crippen LogP contribution in [0.3, 0.4) is 0 Å². The highest BCUT2D eigenvalue weighted by molar-refractivity contribution is 5.89. The third-order valence-electron chi connectivity index (χ3n) is 8.68. The van der Waals surface area contributed by atoms with Gasteiger partial charge in [0.15, 0.2) is 0 Å². The topological polar surface area (TPSA) is 95.9 Å². The second-order valence-corrected chi connectivity index (χ2v) is 11.5. The number of rotatable bonds is 4. The molecule has 1 aliphatic heterocycles. The molecule has 1 heterocycles. The maximum atomic E-state index is 14.2. The van der Waals surface area contributed by atoms with Crippen LogP contribution in [0.5, 0.6) is 0 Å². The Labute approximate surface area is 220 Å². The first kappa shape index (κ1) is 27.3. The number of nitrogens with one attached hydrogen (secondary N) is 1. The lowest BCUT2D eigenvalue weighted by Crippen LogP contribution is -2.60. The van der Waals surface area contributed by atoms with Crippen LogP contribution in [0.4, 0.5) is 0 Å². The van der Waals surface area contributed by atoms with Crippen LogP contribution >= 0.6 is 0 Å². The standard InChI is InChI=1S/C31H41NO5/c1-6-26(33)37-25-15-16-30(5,36)18-19(2)11-10-14-23-28(34)21(4)20(3)27-24(32-29(35)31(23,25)27)17-22-12-8-7-9-13-22/h7-10,12-16,19-20,23-25,27-28,34,36H,4,6,11,17-18H2,1-3,5H3,(H,32,35)/t19-,20+,23-,24-,25+,27-,28+,30-,31+/m0/s1. The number of carbonyl (C=O) groups is 2. The van der Waals surface area contributed by atoms with Gasteiger partial charge in [0.2, 0.25) is 5.91 Å². The molecular formula is C31H41NO5. The van der Waals surface area contributed by atoms with E-state index < -0.39 is 35.1 Å². The summed E-state index contributed by atoms with van der Waals surface area (Å²) in [6.45, 7) is 11.8. The average molecular weight is 508 g/mol. The van der Waals surface area contributed by atoms with Crippen molar-refractivity contribution >= 4 is 11.9 Å². The average Bonchev–Trinajstić information content (AvgIpc) is 3.13. The Balaban J connectivity index is 1.93. The molecule has 1 saturated carbocycles. The summed E-state index contributed by atoms with van der Waals surface area (Å²) in [5.41, 5.74) is -0.630. The van der Waals surface area contributed by atoms with Crippen molar-refractivity contribution in [2.45, 2.75) is 77.2 Å².